The molecule has 110 valence electrons. The molecule has 0 atom stereocenters. The van der Waals surface area contributed by atoms with Crippen molar-refractivity contribution >= 4 is 28.4 Å². The Kier molecular flexibility index (Phi) is 3.94. The number of benzene rings is 2. The van der Waals surface area contributed by atoms with E-state index in [1.165, 1.54) is 0 Å². The van der Waals surface area contributed by atoms with Crippen LogP contribution < -0.4 is 10.5 Å². The molecule has 0 aliphatic rings. The number of nitrogens with zero attached hydrogens (tertiary/aromatic N) is 1. The minimum Gasteiger partial charge on any atom is -0.489 e. The van der Waals surface area contributed by atoms with Crippen molar-refractivity contribution in [3.63, 3.8) is 0 Å². The van der Waals surface area contributed by atoms with Gasteiger partial charge in [0.25, 0.3) is 0 Å². The lowest BCUT2D eigenvalue weighted by molar-refractivity contribution is 0.100. The number of pyridine rings is 1. The van der Waals surface area contributed by atoms with Gasteiger partial charge in [-0.15, -0.1) is 0 Å². The van der Waals surface area contributed by atoms with Crippen LogP contribution >= 0.6 is 11.6 Å². The molecule has 2 aromatic carbocycles. The molecule has 3 rings (SSSR count). The molecule has 22 heavy (non-hydrogen) atoms. The molecule has 1 aromatic heterocycles. The zero-order valence-electron chi connectivity index (χ0n) is 11.6. The fourth-order valence-electron chi connectivity index (χ4n) is 2.11. The number of hydrogen-bond donors (Lipinski definition) is 1. The molecule has 0 spiro atoms. The number of halogens is 1. The quantitative estimate of drug-likeness (QED) is 0.749. The van der Waals surface area contributed by atoms with Crippen molar-refractivity contribution in [2.24, 2.45) is 5.73 Å². The highest BCUT2D eigenvalue weighted by Gasteiger charge is 2.06. The molecule has 5 heteroatoms. The predicted molar refractivity (Wildman–Crippen MR) is 86.0 cm³/mol. The van der Waals surface area contributed by atoms with Gasteiger partial charge in [-0.2, -0.15) is 0 Å². The van der Waals surface area contributed by atoms with Crippen molar-refractivity contribution in [1.82, 2.24) is 4.98 Å². The molecule has 1 amide bonds. The number of nitrogens with two attached hydrogens (primary N) is 1. The normalized spacial score (nSPS) is 10.6. The Morgan fingerprint density at radius 2 is 1.86 bits per heavy atom. The van der Waals surface area contributed by atoms with Gasteiger partial charge in [-0.3, -0.25) is 4.79 Å². The number of rotatable bonds is 4. The number of fused-ring (bicyclic) bond motifs is 1. The largest absolute Gasteiger partial charge is 0.489 e. The molecular weight excluding hydrogens is 300 g/mol. The number of carbonyl (C=O) groups is 1. The van der Waals surface area contributed by atoms with Crippen LogP contribution in [0.5, 0.6) is 5.75 Å². The van der Waals surface area contributed by atoms with Crippen molar-refractivity contribution in [3.8, 4) is 5.75 Å². The van der Waals surface area contributed by atoms with Crippen molar-refractivity contribution in [2.75, 3.05) is 0 Å². The molecule has 0 saturated heterocycles. The molecule has 4 nitrogen and oxygen atoms in total. The minimum absolute atomic E-state index is 0.298. The lowest BCUT2D eigenvalue weighted by Crippen LogP contribution is -2.10. The third-order valence-corrected chi connectivity index (χ3v) is 3.61. The number of primary amides is 1. The SMILES string of the molecule is NC(=O)c1ccc(OCc2cc3ccccc3nc2Cl)cc1. The van der Waals surface area contributed by atoms with Gasteiger partial charge in [-0.25, -0.2) is 4.98 Å². The Labute approximate surface area is 132 Å². The number of aromatic nitrogens is 1. The average molecular weight is 313 g/mol. The van der Waals surface area contributed by atoms with E-state index in [-0.39, 0.29) is 0 Å². The summed E-state index contributed by atoms with van der Waals surface area (Å²) < 4.78 is 5.68. The molecule has 0 aliphatic carbocycles. The molecule has 2 N–H and O–H groups in total. The lowest BCUT2D eigenvalue weighted by Gasteiger charge is -2.09. The van der Waals surface area contributed by atoms with Crippen LogP contribution in [0.25, 0.3) is 10.9 Å². The van der Waals surface area contributed by atoms with E-state index in [4.69, 9.17) is 22.1 Å². The molecular formula is C17H13ClN2O2. The number of amides is 1. The summed E-state index contributed by atoms with van der Waals surface area (Å²) in [6, 6.07) is 16.4. The fraction of sp³-hybridized carbons (Fsp3) is 0.0588. The van der Waals surface area contributed by atoms with Gasteiger partial charge in [0.05, 0.1) is 5.52 Å². The van der Waals surface area contributed by atoms with Crippen molar-refractivity contribution < 1.29 is 9.53 Å². The zero-order chi connectivity index (χ0) is 15.5. The third kappa shape index (κ3) is 3.02. The van der Waals surface area contributed by atoms with Crippen LogP contribution in [0.2, 0.25) is 5.15 Å². The summed E-state index contributed by atoms with van der Waals surface area (Å²) in [5, 5.41) is 1.43. The van der Waals surface area contributed by atoms with Gasteiger partial charge >= 0.3 is 0 Å². The van der Waals surface area contributed by atoms with E-state index in [0.717, 1.165) is 16.5 Å². The lowest BCUT2D eigenvalue weighted by atomic mass is 10.1. The van der Waals surface area contributed by atoms with Crippen LogP contribution in [-0.2, 0) is 6.61 Å². The first-order valence-electron chi connectivity index (χ1n) is 6.70. The standard InChI is InChI=1S/C17H13ClN2O2/c18-16-13(9-12-3-1-2-4-15(12)20-16)10-22-14-7-5-11(6-8-14)17(19)21/h1-9H,10H2,(H2,19,21). The van der Waals surface area contributed by atoms with Crippen LogP contribution in [0, 0.1) is 0 Å². The van der Waals surface area contributed by atoms with E-state index < -0.39 is 5.91 Å². The van der Waals surface area contributed by atoms with E-state index in [2.05, 4.69) is 4.98 Å². The summed E-state index contributed by atoms with van der Waals surface area (Å²) in [4.78, 5) is 15.4. The average Bonchev–Trinajstić information content (AvgIpc) is 2.53. The van der Waals surface area contributed by atoms with Crippen molar-refractivity contribution in [2.45, 2.75) is 6.61 Å². The Morgan fingerprint density at radius 3 is 2.59 bits per heavy atom. The Balaban J connectivity index is 1.78. The summed E-state index contributed by atoms with van der Waals surface area (Å²) in [6.07, 6.45) is 0. The second-order valence-corrected chi connectivity index (χ2v) is 5.17. The topological polar surface area (TPSA) is 65.2 Å². The molecule has 0 unspecified atom stereocenters. The van der Waals surface area contributed by atoms with E-state index in [9.17, 15) is 4.79 Å². The van der Waals surface area contributed by atoms with Gasteiger partial charge in [0.1, 0.15) is 17.5 Å². The second-order valence-electron chi connectivity index (χ2n) is 4.81. The van der Waals surface area contributed by atoms with E-state index in [0.29, 0.717) is 23.1 Å². The van der Waals surface area contributed by atoms with Gasteiger partial charge in [0.15, 0.2) is 0 Å². The van der Waals surface area contributed by atoms with Crippen LogP contribution in [0.1, 0.15) is 15.9 Å². The van der Waals surface area contributed by atoms with Gasteiger partial charge in [0.2, 0.25) is 5.91 Å². The van der Waals surface area contributed by atoms with Gasteiger partial charge in [-0.1, -0.05) is 29.8 Å². The van der Waals surface area contributed by atoms with Crippen LogP contribution in [0.3, 0.4) is 0 Å². The highest BCUT2D eigenvalue weighted by Crippen LogP contribution is 2.22. The van der Waals surface area contributed by atoms with Crippen LogP contribution in [-0.4, -0.2) is 10.9 Å². The second kappa shape index (κ2) is 6.03. The monoisotopic (exact) mass is 312 g/mol. The smallest absolute Gasteiger partial charge is 0.248 e. The number of ether oxygens (including phenoxy) is 1. The maximum atomic E-state index is 11.0. The Hall–Kier alpha value is -2.59. The maximum absolute atomic E-state index is 11.0. The first-order valence-corrected chi connectivity index (χ1v) is 7.08. The molecule has 0 fully saturated rings. The van der Waals surface area contributed by atoms with E-state index in [1.807, 2.05) is 30.3 Å². The summed E-state index contributed by atoms with van der Waals surface area (Å²) in [5.41, 5.74) is 7.29. The van der Waals surface area contributed by atoms with Crippen LogP contribution in [0.15, 0.2) is 54.6 Å². The molecule has 0 aliphatic heterocycles. The van der Waals surface area contributed by atoms with Gasteiger partial charge in [0, 0.05) is 16.5 Å². The molecule has 0 bridgehead atoms. The highest BCUT2D eigenvalue weighted by atomic mass is 35.5. The number of para-hydroxylation sites is 1. The van der Waals surface area contributed by atoms with Crippen molar-refractivity contribution in [3.05, 3.63) is 70.9 Å². The first-order chi connectivity index (χ1) is 10.6. The summed E-state index contributed by atoms with van der Waals surface area (Å²) in [6.45, 7) is 0.298. The Morgan fingerprint density at radius 1 is 1.14 bits per heavy atom. The zero-order valence-corrected chi connectivity index (χ0v) is 12.4. The van der Waals surface area contributed by atoms with Crippen molar-refractivity contribution in [1.29, 1.82) is 0 Å². The number of hydrogen-bond acceptors (Lipinski definition) is 3. The number of carbonyl (C=O) groups excluding carboxylic acids is 1. The van der Waals surface area contributed by atoms with E-state index in [1.54, 1.807) is 24.3 Å². The highest BCUT2D eigenvalue weighted by molar-refractivity contribution is 6.30. The van der Waals surface area contributed by atoms with Gasteiger partial charge < -0.3 is 10.5 Å². The van der Waals surface area contributed by atoms with Gasteiger partial charge in [-0.05, 0) is 36.4 Å². The summed E-state index contributed by atoms with van der Waals surface area (Å²) in [5.74, 6) is 0.169. The third-order valence-electron chi connectivity index (χ3n) is 3.28. The summed E-state index contributed by atoms with van der Waals surface area (Å²) >= 11 is 6.18. The maximum Gasteiger partial charge on any atom is 0.248 e. The predicted octanol–water partition coefficient (Wildman–Crippen LogP) is 3.57. The Bertz CT molecular complexity index is 832. The van der Waals surface area contributed by atoms with Crippen LogP contribution in [0.4, 0.5) is 0 Å². The fourth-order valence-corrected chi connectivity index (χ4v) is 2.31. The molecule has 3 aromatic rings. The first kappa shape index (κ1) is 14.4. The summed E-state index contributed by atoms with van der Waals surface area (Å²) in [7, 11) is 0. The minimum atomic E-state index is -0.465. The molecule has 1 heterocycles. The molecule has 0 radical (unpaired) electrons. The van der Waals surface area contributed by atoms with E-state index >= 15 is 0 Å². The molecule has 0 saturated carbocycles.